The fraction of sp³-hybridized carbons (Fsp3) is 0.259. The Morgan fingerprint density at radius 2 is 1.74 bits per heavy atom. The van der Waals surface area contributed by atoms with Crippen LogP contribution in [-0.2, 0) is 6.54 Å². The number of carbonyl (C=O) groups is 1. The first-order valence-electron chi connectivity index (χ1n) is 11.8. The number of aromatic nitrogens is 3. The fourth-order valence-electron chi connectivity index (χ4n) is 4.45. The first-order valence-corrected chi connectivity index (χ1v) is 11.8. The number of hydrogen-bond donors (Lipinski definition) is 1. The van der Waals surface area contributed by atoms with Gasteiger partial charge >= 0.3 is 6.03 Å². The van der Waals surface area contributed by atoms with Crippen molar-refractivity contribution in [2.24, 2.45) is 0 Å². The molecule has 8 heteroatoms. The molecular formula is C27H28N6O2. The zero-order chi connectivity index (χ0) is 24.4. The highest BCUT2D eigenvalue weighted by molar-refractivity contribution is 5.90. The molecule has 0 radical (unpaired) electrons. The average molecular weight is 469 g/mol. The predicted octanol–water partition coefficient (Wildman–Crippen LogP) is 3.81. The van der Waals surface area contributed by atoms with Crippen molar-refractivity contribution in [3.05, 3.63) is 93.9 Å². The molecule has 4 aromatic rings. The van der Waals surface area contributed by atoms with E-state index in [0.29, 0.717) is 49.7 Å². The van der Waals surface area contributed by atoms with Crippen LogP contribution < -0.4 is 15.8 Å². The first-order chi connectivity index (χ1) is 17.0. The van der Waals surface area contributed by atoms with Gasteiger partial charge in [-0.25, -0.2) is 14.8 Å². The molecule has 3 heterocycles. The quantitative estimate of drug-likeness (QED) is 0.493. The SMILES string of the molecule is Cc1ccc(NC(=O)N2CCN(c3nc4cccnc4n(Cc4ccccc4)c3=O)CC2)c(C)c1. The molecule has 2 aromatic heterocycles. The number of hydrogen-bond acceptors (Lipinski definition) is 5. The molecule has 5 rings (SSSR count). The van der Waals surface area contributed by atoms with Crippen molar-refractivity contribution in [1.82, 2.24) is 19.4 Å². The van der Waals surface area contributed by atoms with Crippen molar-refractivity contribution in [1.29, 1.82) is 0 Å². The van der Waals surface area contributed by atoms with Gasteiger partial charge in [-0.15, -0.1) is 0 Å². The molecule has 1 N–H and O–H groups in total. The van der Waals surface area contributed by atoms with E-state index in [2.05, 4.69) is 15.3 Å². The highest BCUT2D eigenvalue weighted by Gasteiger charge is 2.25. The number of nitrogens with one attached hydrogen (secondary N) is 1. The lowest BCUT2D eigenvalue weighted by atomic mass is 10.1. The van der Waals surface area contributed by atoms with Crippen LogP contribution >= 0.6 is 0 Å². The van der Waals surface area contributed by atoms with Crippen LogP contribution in [-0.4, -0.2) is 51.6 Å². The van der Waals surface area contributed by atoms with Gasteiger partial charge in [0.15, 0.2) is 11.5 Å². The largest absolute Gasteiger partial charge is 0.348 e. The Hall–Kier alpha value is -4.20. The minimum Gasteiger partial charge on any atom is -0.348 e. The summed E-state index contributed by atoms with van der Waals surface area (Å²) in [5.41, 5.74) is 5.09. The van der Waals surface area contributed by atoms with E-state index < -0.39 is 0 Å². The second-order valence-electron chi connectivity index (χ2n) is 8.88. The van der Waals surface area contributed by atoms with Crippen molar-refractivity contribution in [2.75, 3.05) is 36.4 Å². The summed E-state index contributed by atoms with van der Waals surface area (Å²) in [6.45, 7) is 6.49. The van der Waals surface area contributed by atoms with Gasteiger partial charge in [0, 0.05) is 38.1 Å². The van der Waals surface area contributed by atoms with Crippen LogP contribution in [0, 0.1) is 13.8 Å². The Morgan fingerprint density at radius 3 is 2.49 bits per heavy atom. The Morgan fingerprint density at radius 1 is 0.971 bits per heavy atom. The van der Waals surface area contributed by atoms with Crippen LogP contribution in [0.3, 0.4) is 0 Å². The Kier molecular flexibility index (Phi) is 6.18. The topological polar surface area (TPSA) is 83.4 Å². The van der Waals surface area contributed by atoms with Crippen molar-refractivity contribution in [3.8, 4) is 0 Å². The zero-order valence-corrected chi connectivity index (χ0v) is 19.9. The standard InChI is InChI=1S/C27H28N6O2/c1-19-10-11-22(20(2)17-19)30-27(35)32-15-13-31(14-16-32)25-26(34)33(18-21-7-4-3-5-8-21)24-23(29-25)9-6-12-28-24/h3-12,17H,13-16,18H2,1-2H3,(H,30,35). The summed E-state index contributed by atoms with van der Waals surface area (Å²) in [5.74, 6) is 0.399. The molecule has 0 saturated carbocycles. The van der Waals surface area contributed by atoms with Gasteiger partial charge in [-0.05, 0) is 43.2 Å². The third kappa shape index (κ3) is 4.73. The number of carbonyl (C=O) groups excluding carboxylic acids is 1. The monoisotopic (exact) mass is 468 g/mol. The molecule has 2 amide bonds. The molecule has 1 aliphatic heterocycles. The van der Waals surface area contributed by atoms with Crippen molar-refractivity contribution in [3.63, 3.8) is 0 Å². The summed E-state index contributed by atoms with van der Waals surface area (Å²) >= 11 is 0. The summed E-state index contributed by atoms with van der Waals surface area (Å²) in [4.78, 5) is 39.2. The van der Waals surface area contributed by atoms with E-state index in [1.54, 1.807) is 15.7 Å². The van der Waals surface area contributed by atoms with Gasteiger partial charge in [0.1, 0.15) is 5.52 Å². The van der Waals surface area contributed by atoms with Gasteiger partial charge < -0.3 is 15.1 Å². The molecule has 1 aliphatic rings. The zero-order valence-electron chi connectivity index (χ0n) is 19.9. The number of anilines is 2. The maximum absolute atomic E-state index is 13.5. The van der Waals surface area contributed by atoms with Gasteiger partial charge in [-0.3, -0.25) is 9.36 Å². The minimum atomic E-state index is -0.173. The maximum Gasteiger partial charge on any atom is 0.321 e. The predicted molar refractivity (Wildman–Crippen MR) is 138 cm³/mol. The number of pyridine rings is 1. The summed E-state index contributed by atoms with van der Waals surface area (Å²) in [7, 11) is 0. The molecule has 178 valence electrons. The van der Waals surface area contributed by atoms with E-state index in [0.717, 1.165) is 22.4 Å². The number of amides is 2. The first kappa shape index (κ1) is 22.6. The van der Waals surface area contributed by atoms with E-state index in [-0.39, 0.29) is 11.6 Å². The van der Waals surface area contributed by atoms with Crippen LogP contribution in [0.25, 0.3) is 11.2 Å². The third-order valence-electron chi connectivity index (χ3n) is 6.36. The summed E-state index contributed by atoms with van der Waals surface area (Å²) in [5, 5.41) is 3.01. The van der Waals surface area contributed by atoms with Crippen LogP contribution in [0.4, 0.5) is 16.3 Å². The second-order valence-corrected chi connectivity index (χ2v) is 8.88. The highest BCUT2D eigenvalue weighted by atomic mass is 16.2. The van der Waals surface area contributed by atoms with E-state index in [9.17, 15) is 9.59 Å². The van der Waals surface area contributed by atoms with Crippen LogP contribution in [0.2, 0.25) is 0 Å². The molecular weight excluding hydrogens is 440 g/mol. The number of urea groups is 1. The third-order valence-corrected chi connectivity index (χ3v) is 6.36. The van der Waals surface area contributed by atoms with Gasteiger partial charge in [0.05, 0.1) is 6.54 Å². The van der Waals surface area contributed by atoms with Crippen LogP contribution in [0.1, 0.15) is 16.7 Å². The Bertz CT molecular complexity index is 1430. The summed E-state index contributed by atoms with van der Waals surface area (Å²) < 4.78 is 1.69. The lowest BCUT2D eigenvalue weighted by Crippen LogP contribution is -2.51. The number of fused-ring (bicyclic) bond motifs is 1. The van der Waals surface area contributed by atoms with E-state index in [4.69, 9.17) is 0 Å². The van der Waals surface area contributed by atoms with Gasteiger partial charge in [-0.1, -0.05) is 48.0 Å². The molecule has 35 heavy (non-hydrogen) atoms. The fourth-order valence-corrected chi connectivity index (χ4v) is 4.45. The number of benzene rings is 2. The van der Waals surface area contributed by atoms with Gasteiger partial charge in [0.25, 0.3) is 5.56 Å². The van der Waals surface area contributed by atoms with Crippen LogP contribution in [0.15, 0.2) is 71.7 Å². The Labute approximate surface area is 203 Å². The molecule has 0 bridgehead atoms. The van der Waals surface area contributed by atoms with Gasteiger partial charge in [-0.2, -0.15) is 0 Å². The molecule has 0 unspecified atom stereocenters. The number of piperazine rings is 1. The number of aryl methyl sites for hydroxylation is 2. The molecule has 8 nitrogen and oxygen atoms in total. The van der Waals surface area contributed by atoms with Crippen molar-refractivity contribution < 1.29 is 4.79 Å². The molecule has 0 atom stereocenters. The average Bonchev–Trinajstić information content (AvgIpc) is 2.88. The lowest BCUT2D eigenvalue weighted by Gasteiger charge is -2.35. The number of nitrogens with zero attached hydrogens (tertiary/aromatic N) is 5. The van der Waals surface area contributed by atoms with E-state index >= 15 is 0 Å². The molecule has 2 aromatic carbocycles. The minimum absolute atomic E-state index is 0.131. The molecule has 0 spiro atoms. The lowest BCUT2D eigenvalue weighted by molar-refractivity contribution is 0.208. The molecule has 1 fully saturated rings. The smallest absolute Gasteiger partial charge is 0.321 e. The van der Waals surface area contributed by atoms with E-state index in [1.807, 2.05) is 79.4 Å². The highest BCUT2D eigenvalue weighted by Crippen LogP contribution is 2.19. The van der Waals surface area contributed by atoms with Gasteiger partial charge in [0.2, 0.25) is 0 Å². The normalized spacial score (nSPS) is 13.8. The maximum atomic E-state index is 13.5. The van der Waals surface area contributed by atoms with Crippen molar-refractivity contribution in [2.45, 2.75) is 20.4 Å². The van der Waals surface area contributed by atoms with Crippen LogP contribution in [0.5, 0.6) is 0 Å². The van der Waals surface area contributed by atoms with E-state index in [1.165, 1.54) is 0 Å². The second kappa shape index (κ2) is 9.58. The summed E-state index contributed by atoms with van der Waals surface area (Å²) in [6, 6.07) is 19.4. The molecule has 1 saturated heterocycles. The molecule has 0 aliphatic carbocycles. The Balaban J connectivity index is 1.35. The number of rotatable bonds is 4. The summed E-state index contributed by atoms with van der Waals surface area (Å²) in [6.07, 6.45) is 1.68. The van der Waals surface area contributed by atoms with Crippen molar-refractivity contribution >= 4 is 28.7 Å².